The average Bonchev–Trinajstić information content (AvgIpc) is 2.75. The summed E-state index contributed by atoms with van der Waals surface area (Å²) >= 11 is 5.83. The van der Waals surface area contributed by atoms with E-state index in [1.165, 1.54) is 0 Å². The highest BCUT2D eigenvalue weighted by atomic mass is 35.5. The molecule has 0 aliphatic heterocycles. The minimum absolute atomic E-state index is 0.473. The standard InChI is InChI=1S/C13H12ClN5/c1-9-4-13-17-7-10(8-19(13)18-9)6-16-11-2-3-15-12(14)5-11/h2-5,7-8H,6H2,1H3,(H,15,16). The summed E-state index contributed by atoms with van der Waals surface area (Å²) in [5.74, 6) is 0. The van der Waals surface area contributed by atoms with E-state index >= 15 is 0 Å². The van der Waals surface area contributed by atoms with E-state index in [9.17, 15) is 0 Å². The normalized spacial score (nSPS) is 10.8. The Kier molecular flexibility index (Phi) is 3.05. The monoisotopic (exact) mass is 273 g/mol. The molecule has 3 aromatic heterocycles. The number of aryl methyl sites for hydroxylation is 1. The number of hydrogen-bond acceptors (Lipinski definition) is 4. The van der Waals surface area contributed by atoms with E-state index in [2.05, 4.69) is 20.4 Å². The van der Waals surface area contributed by atoms with E-state index in [4.69, 9.17) is 11.6 Å². The van der Waals surface area contributed by atoms with Gasteiger partial charge < -0.3 is 5.32 Å². The van der Waals surface area contributed by atoms with Crippen LogP contribution in [0.1, 0.15) is 11.3 Å². The molecule has 1 N–H and O–H groups in total. The third kappa shape index (κ3) is 2.66. The number of hydrogen-bond donors (Lipinski definition) is 1. The van der Waals surface area contributed by atoms with Crippen LogP contribution in [0.25, 0.3) is 5.65 Å². The summed E-state index contributed by atoms with van der Waals surface area (Å²) in [6, 6.07) is 5.60. The molecule has 0 spiro atoms. The zero-order chi connectivity index (χ0) is 13.2. The number of nitrogens with zero attached hydrogens (tertiary/aromatic N) is 4. The van der Waals surface area contributed by atoms with E-state index in [0.717, 1.165) is 22.6 Å². The molecule has 0 aromatic carbocycles. The Morgan fingerprint density at radius 1 is 1.32 bits per heavy atom. The highest BCUT2D eigenvalue weighted by molar-refractivity contribution is 6.29. The van der Waals surface area contributed by atoms with Gasteiger partial charge in [-0.3, -0.25) is 0 Å². The number of halogens is 1. The van der Waals surface area contributed by atoms with Gasteiger partial charge in [-0.15, -0.1) is 0 Å². The van der Waals surface area contributed by atoms with Crippen molar-refractivity contribution in [2.75, 3.05) is 5.32 Å². The van der Waals surface area contributed by atoms with Crippen molar-refractivity contribution in [3.05, 3.63) is 53.2 Å². The van der Waals surface area contributed by atoms with Crippen LogP contribution in [0, 0.1) is 6.92 Å². The predicted molar refractivity (Wildman–Crippen MR) is 74.3 cm³/mol. The largest absolute Gasteiger partial charge is 0.381 e. The van der Waals surface area contributed by atoms with Crippen LogP contribution in [0.5, 0.6) is 0 Å². The second-order valence-corrected chi connectivity index (χ2v) is 4.66. The van der Waals surface area contributed by atoms with Gasteiger partial charge in [0.25, 0.3) is 0 Å². The van der Waals surface area contributed by atoms with Gasteiger partial charge in [0, 0.05) is 42.5 Å². The second kappa shape index (κ2) is 4.85. The fourth-order valence-corrected chi connectivity index (χ4v) is 2.02. The molecule has 3 heterocycles. The van der Waals surface area contributed by atoms with Gasteiger partial charge in [0.15, 0.2) is 5.65 Å². The Labute approximate surface area is 115 Å². The quantitative estimate of drug-likeness (QED) is 0.746. The lowest BCUT2D eigenvalue weighted by Gasteiger charge is -2.06. The molecule has 19 heavy (non-hydrogen) atoms. The van der Waals surface area contributed by atoms with E-state index < -0.39 is 0 Å². The molecule has 0 unspecified atom stereocenters. The van der Waals surface area contributed by atoms with E-state index in [1.807, 2.05) is 31.5 Å². The second-order valence-electron chi connectivity index (χ2n) is 4.27. The first-order valence-corrected chi connectivity index (χ1v) is 6.25. The minimum Gasteiger partial charge on any atom is -0.381 e. The molecule has 6 heteroatoms. The van der Waals surface area contributed by atoms with Gasteiger partial charge in [0.2, 0.25) is 0 Å². The summed E-state index contributed by atoms with van der Waals surface area (Å²) in [5.41, 5.74) is 3.78. The molecule has 0 amide bonds. The third-order valence-corrected chi connectivity index (χ3v) is 2.92. The zero-order valence-corrected chi connectivity index (χ0v) is 11.1. The zero-order valence-electron chi connectivity index (χ0n) is 10.3. The SMILES string of the molecule is Cc1cc2ncc(CNc3ccnc(Cl)c3)cn2n1. The van der Waals surface area contributed by atoms with Gasteiger partial charge in [-0.1, -0.05) is 11.6 Å². The topological polar surface area (TPSA) is 55.1 Å². The van der Waals surface area contributed by atoms with Crippen molar-refractivity contribution >= 4 is 22.9 Å². The van der Waals surface area contributed by atoms with Crippen molar-refractivity contribution in [1.29, 1.82) is 0 Å². The lowest BCUT2D eigenvalue weighted by Crippen LogP contribution is -2.02. The average molecular weight is 274 g/mol. The molecule has 0 bridgehead atoms. The van der Waals surface area contributed by atoms with Gasteiger partial charge in [0.05, 0.1) is 5.69 Å². The molecule has 5 nitrogen and oxygen atoms in total. The number of nitrogens with one attached hydrogen (secondary N) is 1. The molecule has 0 saturated heterocycles. The van der Waals surface area contributed by atoms with Crippen LogP contribution in [0.2, 0.25) is 5.15 Å². The number of rotatable bonds is 3. The van der Waals surface area contributed by atoms with E-state index in [0.29, 0.717) is 11.7 Å². The summed E-state index contributed by atoms with van der Waals surface area (Å²) in [4.78, 5) is 8.29. The first-order valence-electron chi connectivity index (χ1n) is 5.87. The van der Waals surface area contributed by atoms with Crippen LogP contribution in [0.3, 0.4) is 0 Å². The minimum atomic E-state index is 0.473. The van der Waals surface area contributed by atoms with Crippen LogP contribution in [0.15, 0.2) is 36.8 Å². The molecular formula is C13H12ClN5. The molecule has 3 rings (SSSR count). The van der Waals surface area contributed by atoms with Gasteiger partial charge in [0.1, 0.15) is 5.15 Å². The molecule has 0 aliphatic carbocycles. The number of pyridine rings is 1. The van der Waals surface area contributed by atoms with Crippen molar-refractivity contribution in [3.63, 3.8) is 0 Å². The van der Waals surface area contributed by atoms with Crippen LogP contribution >= 0.6 is 11.6 Å². The van der Waals surface area contributed by atoms with Crippen molar-refractivity contribution in [2.45, 2.75) is 13.5 Å². The molecule has 0 fully saturated rings. The summed E-state index contributed by atoms with van der Waals surface area (Å²) in [5, 5.41) is 8.08. The van der Waals surface area contributed by atoms with Gasteiger partial charge in [-0.05, 0) is 19.1 Å². The van der Waals surface area contributed by atoms with Crippen LogP contribution in [0.4, 0.5) is 5.69 Å². The van der Waals surface area contributed by atoms with Gasteiger partial charge in [-0.25, -0.2) is 14.5 Å². The first kappa shape index (κ1) is 11.9. The van der Waals surface area contributed by atoms with Crippen LogP contribution in [-0.4, -0.2) is 19.6 Å². The highest BCUT2D eigenvalue weighted by Gasteiger charge is 2.01. The Hall–Kier alpha value is -2.14. The molecular weight excluding hydrogens is 262 g/mol. The first-order chi connectivity index (χ1) is 9.20. The van der Waals surface area contributed by atoms with Crippen molar-refractivity contribution in [3.8, 4) is 0 Å². The lowest BCUT2D eigenvalue weighted by molar-refractivity contribution is 0.895. The molecule has 3 aromatic rings. The number of fused-ring (bicyclic) bond motifs is 1. The summed E-state index contributed by atoms with van der Waals surface area (Å²) in [6.07, 6.45) is 5.47. The molecule has 0 saturated carbocycles. The summed E-state index contributed by atoms with van der Waals surface area (Å²) < 4.78 is 1.78. The number of anilines is 1. The fourth-order valence-electron chi connectivity index (χ4n) is 1.84. The van der Waals surface area contributed by atoms with Crippen molar-refractivity contribution in [2.24, 2.45) is 0 Å². The Morgan fingerprint density at radius 2 is 2.21 bits per heavy atom. The third-order valence-electron chi connectivity index (χ3n) is 2.71. The maximum absolute atomic E-state index is 5.83. The van der Waals surface area contributed by atoms with Crippen molar-refractivity contribution in [1.82, 2.24) is 19.6 Å². The van der Waals surface area contributed by atoms with Crippen molar-refractivity contribution < 1.29 is 0 Å². The molecule has 0 aliphatic rings. The van der Waals surface area contributed by atoms with Gasteiger partial charge in [-0.2, -0.15) is 5.10 Å². The summed E-state index contributed by atoms with van der Waals surface area (Å²) in [7, 11) is 0. The molecule has 0 atom stereocenters. The van der Waals surface area contributed by atoms with Crippen LogP contribution < -0.4 is 5.32 Å². The predicted octanol–water partition coefficient (Wildman–Crippen LogP) is 2.70. The maximum Gasteiger partial charge on any atom is 0.155 e. The number of aromatic nitrogens is 4. The fraction of sp³-hybridized carbons (Fsp3) is 0.154. The Morgan fingerprint density at radius 3 is 3.05 bits per heavy atom. The summed E-state index contributed by atoms with van der Waals surface area (Å²) in [6.45, 7) is 2.60. The smallest absolute Gasteiger partial charge is 0.155 e. The van der Waals surface area contributed by atoms with E-state index in [-0.39, 0.29) is 0 Å². The Balaban J connectivity index is 1.78. The highest BCUT2D eigenvalue weighted by Crippen LogP contribution is 2.13. The van der Waals surface area contributed by atoms with Crippen LogP contribution in [-0.2, 0) is 6.54 Å². The van der Waals surface area contributed by atoms with Gasteiger partial charge >= 0.3 is 0 Å². The molecule has 0 radical (unpaired) electrons. The lowest BCUT2D eigenvalue weighted by atomic mass is 10.3. The maximum atomic E-state index is 5.83. The Bertz CT molecular complexity index is 722. The molecule has 96 valence electrons. The van der Waals surface area contributed by atoms with E-state index in [1.54, 1.807) is 16.8 Å².